The van der Waals surface area contributed by atoms with Crippen molar-refractivity contribution in [2.75, 3.05) is 19.0 Å². The highest BCUT2D eigenvalue weighted by atomic mass is 32.2. The second-order valence-corrected chi connectivity index (χ2v) is 7.42. The topological polar surface area (TPSA) is 81.9 Å². The minimum absolute atomic E-state index is 0.0790. The van der Waals surface area contributed by atoms with Crippen LogP contribution in [0.1, 0.15) is 51.5 Å². The molecule has 0 radical (unpaired) electrons. The molecule has 2 heterocycles. The minimum Gasteiger partial charge on any atom is -0.381 e. The first-order valence-corrected chi connectivity index (χ1v) is 9.50. The van der Waals surface area contributed by atoms with Gasteiger partial charge in [0.1, 0.15) is 0 Å². The smallest absolute Gasteiger partial charge is 0.230 e. The van der Waals surface area contributed by atoms with E-state index in [0.29, 0.717) is 17.7 Å². The molecular formula is C15H25N5O2S. The summed E-state index contributed by atoms with van der Waals surface area (Å²) in [6, 6.07) is 0.603. The number of carbonyl (C=O) groups is 1. The van der Waals surface area contributed by atoms with Crippen molar-refractivity contribution in [2.45, 2.75) is 62.7 Å². The van der Waals surface area contributed by atoms with E-state index < -0.39 is 0 Å². The first kappa shape index (κ1) is 16.7. The third kappa shape index (κ3) is 4.44. The summed E-state index contributed by atoms with van der Waals surface area (Å²) >= 11 is 1.42. The number of ether oxygens (including phenoxy) is 1. The van der Waals surface area contributed by atoms with Crippen LogP contribution in [0.4, 0.5) is 0 Å². The zero-order chi connectivity index (χ0) is 16.1. The fourth-order valence-corrected chi connectivity index (χ4v) is 4.10. The average molecular weight is 339 g/mol. The van der Waals surface area contributed by atoms with Gasteiger partial charge in [0.25, 0.3) is 0 Å². The lowest BCUT2D eigenvalue weighted by Crippen LogP contribution is -2.41. The number of aromatic nitrogens is 4. The largest absolute Gasteiger partial charge is 0.381 e. The quantitative estimate of drug-likeness (QED) is 0.824. The first-order valence-electron chi connectivity index (χ1n) is 8.52. The molecule has 128 valence electrons. The van der Waals surface area contributed by atoms with Crippen molar-refractivity contribution in [1.29, 1.82) is 0 Å². The molecule has 1 N–H and O–H groups in total. The van der Waals surface area contributed by atoms with Gasteiger partial charge in [-0.1, -0.05) is 31.5 Å². The minimum atomic E-state index is 0.0790. The van der Waals surface area contributed by atoms with Gasteiger partial charge in [0, 0.05) is 19.3 Å². The highest BCUT2D eigenvalue weighted by Crippen LogP contribution is 2.26. The predicted molar refractivity (Wildman–Crippen MR) is 87.2 cm³/mol. The van der Waals surface area contributed by atoms with E-state index in [4.69, 9.17) is 4.74 Å². The lowest BCUT2D eigenvalue weighted by molar-refractivity contribution is -0.119. The summed E-state index contributed by atoms with van der Waals surface area (Å²) in [5.41, 5.74) is 0. The molecule has 1 amide bonds. The standard InChI is InChI=1S/C15H25N5O2S/c1-11-4-2-3-5-13(11)16-14(21)10-23-15-17-18-19-20(15)12-6-8-22-9-7-12/h11-13H,2-10H2,1H3,(H,16,21)/t11-,13-/m0/s1. The summed E-state index contributed by atoms with van der Waals surface area (Å²) in [6.07, 6.45) is 6.64. The molecule has 2 atom stereocenters. The summed E-state index contributed by atoms with van der Waals surface area (Å²) in [7, 11) is 0. The van der Waals surface area contributed by atoms with Gasteiger partial charge in [-0.25, -0.2) is 4.68 Å². The highest BCUT2D eigenvalue weighted by Gasteiger charge is 2.24. The predicted octanol–water partition coefficient (Wildman–Crippen LogP) is 1.81. The van der Waals surface area contributed by atoms with Crippen molar-refractivity contribution in [3.05, 3.63) is 0 Å². The van der Waals surface area contributed by atoms with Gasteiger partial charge in [-0.2, -0.15) is 0 Å². The van der Waals surface area contributed by atoms with Gasteiger partial charge in [-0.05, 0) is 42.0 Å². The van der Waals surface area contributed by atoms with Crippen LogP contribution in [0.2, 0.25) is 0 Å². The monoisotopic (exact) mass is 339 g/mol. The van der Waals surface area contributed by atoms with Crippen LogP contribution in [0.3, 0.4) is 0 Å². The maximum atomic E-state index is 12.2. The SMILES string of the molecule is C[C@H]1CCCC[C@@H]1NC(=O)CSc1nnnn1C1CCOCC1. The number of hydrogen-bond donors (Lipinski definition) is 1. The maximum absolute atomic E-state index is 12.2. The summed E-state index contributed by atoms with van der Waals surface area (Å²) in [6.45, 7) is 3.71. The van der Waals surface area contributed by atoms with Crippen molar-refractivity contribution >= 4 is 17.7 Å². The number of nitrogens with one attached hydrogen (secondary N) is 1. The Kier molecular flexibility index (Phi) is 5.88. The summed E-state index contributed by atoms with van der Waals surface area (Å²) in [4.78, 5) is 12.2. The number of tetrazole rings is 1. The normalized spacial score (nSPS) is 26.1. The Bertz CT molecular complexity index is 518. The Hall–Kier alpha value is -1.15. The number of amides is 1. The molecule has 1 saturated carbocycles. The number of carbonyl (C=O) groups excluding carboxylic acids is 1. The van der Waals surface area contributed by atoms with Gasteiger partial charge < -0.3 is 10.1 Å². The third-order valence-corrected chi connectivity index (χ3v) is 5.72. The molecule has 1 aromatic rings. The van der Waals surface area contributed by atoms with E-state index in [1.165, 1.54) is 31.0 Å². The lowest BCUT2D eigenvalue weighted by Gasteiger charge is -2.29. The molecule has 0 bridgehead atoms. The number of hydrogen-bond acceptors (Lipinski definition) is 6. The highest BCUT2D eigenvalue weighted by molar-refractivity contribution is 7.99. The van der Waals surface area contributed by atoms with E-state index in [1.807, 2.05) is 4.68 Å². The molecular weight excluding hydrogens is 314 g/mol. The Balaban J connectivity index is 1.50. The van der Waals surface area contributed by atoms with Crippen LogP contribution in [0.15, 0.2) is 5.16 Å². The van der Waals surface area contributed by atoms with Gasteiger partial charge >= 0.3 is 0 Å². The van der Waals surface area contributed by atoms with E-state index >= 15 is 0 Å². The molecule has 7 nitrogen and oxygen atoms in total. The van der Waals surface area contributed by atoms with Crippen LogP contribution in [0, 0.1) is 5.92 Å². The summed E-state index contributed by atoms with van der Waals surface area (Å²) in [5, 5.41) is 15.8. The fourth-order valence-electron chi connectivity index (χ4n) is 3.35. The van der Waals surface area contributed by atoms with Crippen LogP contribution >= 0.6 is 11.8 Å². The molecule has 1 aliphatic heterocycles. The van der Waals surface area contributed by atoms with Crippen molar-refractivity contribution in [3.8, 4) is 0 Å². The molecule has 2 aliphatic rings. The molecule has 1 aromatic heterocycles. The second kappa shape index (κ2) is 8.10. The van der Waals surface area contributed by atoms with E-state index in [2.05, 4.69) is 27.8 Å². The van der Waals surface area contributed by atoms with Gasteiger partial charge in [0.15, 0.2) is 0 Å². The number of nitrogens with zero attached hydrogens (tertiary/aromatic N) is 4. The van der Waals surface area contributed by atoms with Crippen molar-refractivity contribution in [3.63, 3.8) is 0 Å². The van der Waals surface area contributed by atoms with Crippen LogP contribution in [-0.4, -0.2) is 51.1 Å². The van der Waals surface area contributed by atoms with Crippen molar-refractivity contribution < 1.29 is 9.53 Å². The van der Waals surface area contributed by atoms with E-state index in [1.54, 1.807) is 0 Å². The van der Waals surface area contributed by atoms with Gasteiger partial charge in [-0.3, -0.25) is 4.79 Å². The summed E-state index contributed by atoms with van der Waals surface area (Å²) in [5.74, 6) is 1.02. The first-order chi connectivity index (χ1) is 11.2. The zero-order valence-corrected chi connectivity index (χ0v) is 14.4. The van der Waals surface area contributed by atoms with Gasteiger partial charge in [0.05, 0.1) is 11.8 Å². The van der Waals surface area contributed by atoms with E-state index in [9.17, 15) is 4.79 Å². The van der Waals surface area contributed by atoms with Gasteiger partial charge in [0.2, 0.25) is 11.1 Å². The molecule has 0 spiro atoms. The Morgan fingerprint density at radius 2 is 2.09 bits per heavy atom. The zero-order valence-electron chi connectivity index (χ0n) is 13.6. The molecule has 8 heteroatoms. The van der Waals surface area contributed by atoms with E-state index in [0.717, 1.165) is 37.6 Å². The third-order valence-electron chi connectivity index (χ3n) is 4.79. The van der Waals surface area contributed by atoms with Crippen LogP contribution in [0.5, 0.6) is 0 Å². The lowest BCUT2D eigenvalue weighted by atomic mass is 9.86. The summed E-state index contributed by atoms with van der Waals surface area (Å²) < 4.78 is 7.23. The molecule has 0 aromatic carbocycles. The van der Waals surface area contributed by atoms with Crippen molar-refractivity contribution in [1.82, 2.24) is 25.5 Å². The molecule has 1 aliphatic carbocycles. The van der Waals surface area contributed by atoms with Crippen LogP contribution < -0.4 is 5.32 Å². The number of thioether (sulfide) groups is 1. The molecule has 0 unspecified atom stereocenters. The number of rotatable bonds is 5. The van der Waals surface area contributed by atoms with Crippen molar-refractivity contribution in [2.24, 2.45) is 5.92 Å². The Morgan fingerprint density at radius 1 is 1.30 bits per heavy atom. The molecule has 23 heavy (non-hydrogen) atoms. The van der Waals surface area contributed by atoms with Crippen LogP contribution in [-0.2, 0) is 9.53 Å². The van der Waals surface area contributed by atoms with Gasteiger partial charge in [-0.15, -0.1) is 5.10 Å². The van der Waals surface area contributed by atoms with Crippen LogP contribution in [0.25, 0.3) is 0 Å². The Labute approximate surface area is 140 Å². The molecule has 3 rings (SSSR count). The second-order valence-electron chi connectivity index (χ2n) is 6.47. The average Bonchev–Trinajstić information content (AvgIpc) is 3.04. The van der Waals surface area contributed by atoms with E-state index in [-0.39, 0.29) is 11.9 Å². The fraction of sp³-hybridized carbons (Fsp3) is 0.867. The Morgan fingerprint density at radius 3 is 2.87 bits per heavy atom. The molecule has 2 fully saturated rings. The molecule has 1 saturated heterocycles. The maximum Gasteiger partial charge on any atom is 0.230 e.